The summed E-state index contributed by atoms with van der Waals surface area (Å²) in [6, 6.07) is 17.7. The number of benzene rings is 2. The molecule has 2 rings (SSSR count). The third-order valence-electron chi connectivity index (χ3n) is 3.51. The van der Waals surface area contributed by atoms with E-state index in [2.05, 4.69) is 17.4 Å². The first-order chi connectivity index (χ1) is 10.1. The zero-order chi connectivity index (χ0) is 15.1. The lowest BCUT2D eigenvalue weighted by molar-refractivity contribution is -0.122. The van der Waals surface area contributed by atoms with Crippen molar-refractivity contribution < 1.29 is 4.79 Å². The molecule has 0 bridgehead atoms. The van der Waals surface area contributed by atoms with Gasteiger partial charge in [0.25, 0.3) is 0 Å². The Morgan fingerprint density at radius 1 is 1.05 bits per heavy atom. The van der Waals surface area contributed by atoms with E-state index in [1.54, 1.807) is 0 Å². The fourth-order valence-electron chi connectivity index (χ4n) is 2.12. The third-order valence-corrected chi connectivity index (χ3v) is 3.51. The van der Waals surface area contributed by atoms with Gasteiger partial charge in [0, 0.05) is 6.54 Å². The van der Waals surface area contributed by atoms with E-state index in [1.165, 1.54) is 11.1 Å². The molecule has 0 heterocycles. The van der Waals surface area contributed by atoms with E-state index in [0.29, 0.717) is 13.0 Å². The Morgan fingerprint density at radius 3 is 2.38 bits per heavy atom. The van der Waals surface area contributed by atoms with E-state index >= 15 is 0 Å². The summed E-state index contributed by atoms with van der Waals surface area (Å²) >= 11 is 0. The van der Waals surface area contributed by atoms with Crippen LogP contribution in [0, 0.1) is 6.92 Å². The van der Waals surface area contributed by atoms with Gasteiger partial charge in [0.15, 0.2) is 0 Å². The van der Waals surface area contributed by atoms with Gasteiger partial charge in [-0.1, -0.05) is 60.2 Å². The van der Waals surface area contributed by atoms with Crippen LogP contribution < -0.4 is 11.1 Å². The second-order valence-electron chi connectivity index (χ2n) is 5.33. The first-order valence-electron chi connectivity index (χ1n) is 7.28. The van der Waals surface area contributed by atoms with Gasteiger partial charge in [-0.15, -0.1) is 0 Å². The molecule has 0 aliphatic rings. The summed E-state index contributed by atoms with van der Waals surface area (Å²) in [6.07, 6.45) is 1.48. The van der Waals surface area contributed by atoms with Crippen molar-refractivity contribution >= 4 is 5.91 Å². The number of nitrogens with one attached hydrogen (secondary N) is 1. The van der Waals surface area contributed by atoms with Gasteiger partial charge in [0.2, 0.25) is 5.91 Å². The lowest BCUT2D eigenvalue weighted by atomic mass is 10.1. The molecule has 0 aliphatic heterocycles. The van der Waals surface area contributed by atoms with Crippen LogP contribution in [-0.4, -0.2) is 11.9 Å². The highest BCUT2D eigenvalue weighted by molar-refractivity contribution is 5.81. The highest BCUT2D eigenvalue weighted by atomic mass is 16.2. The van der Waals surface area contributed by atoms with Crippen molar-refractivity contribution in [2.45, 2.75) is 32.4 Å². The van der Waals surface area contributed by atoms with E-state index in [9.17, 15) is 4.79 Å². The highest BCUT2D eigenvalue weighted by Gasteiger charge is 2.12. The Bertz CT molecular complexity index is 564. The van der Waals surface area contributed by atoms with Crippen LogP contribution in [0.4, 0.5) is 0 Å². The van der Waals surface area contributed by atoms with Gasteiger partial charge in [-0.25, -0.2) is 0 Å². The zero-order valence-corrected chi connectivity index (χ0v) is 12.4. The summed E-state index contributed by atoms with van der Waals surface area (Å²) in [7, 11) is 0. The van der Waals surface area contributed by atoms with Gasteiger partial charge < -0.3 is 11.1 Å². The minimum absolute atomic E-state index is 0.0912. The van der Waals surface area contributed by atoms with Crippen LogP contribution in [0.25, 0.3) is 0 Å². The molecule has 0 saturated heterocycles. The molecule has 2 aromatic carbocycles. The second-order valence-corrected chi connectivity index (χ2v) is 5.33. The smallest absolute Gasteiger partial charge is 0.237 e. The summed E-state index contributed by atoms with van der Waals surface area (Å²) in [5.41, 5.74) is 9.45. The third kappa shape index (κ3) is 5.04. The first kappa shape index (κ1) is 15.3. The van der Waals surface area contributed by atoms with Gasteiger partial charge in [-0.05, 0) is 30.9 Å². The normalized spacial score (nSPS) is 11.9. The van der Waals surface area contributed by atoms with Crippen LogP contribution in [-0.2, 0) is 17.8 Å². The maximum absolute atomic E-state index is 12.0. The van der Waals surface area contributed by atoms with Crippen molar-refractivity contribution in [1.29, 1.82) is 0 Å². The second kappa shape index (κ2) is 7.60. The number of carbonyl (C=O) groups excluding carboxylic acids is 1. The molecule has 3 N–H and O–H groups in total. The molecule has 3 nitrogen and oxygen atoms in total. The first-order valence-corrected chi connectivity index (χ1v) is 7.28. The average molecular weight is 282 g/mol. The molecule has 3 heteroatoms. The Labute approximate surface area is 126 Å². The fraction of sp³-hybridized carbons (Fsp3) is 0.278. The molecular formula is C18H22N2O. The predicted octanol–water partition coefficient (Wildman–Crippen LogP) is 2.57. The Hall–Kier alpha value is -2.13. The molecule has 0 aliphatic carbocycles. The van der Waals surface area contributed by atoms with Gasteiger partial charge in [0.05, 0.1) is 6.04 Å². The lowest BCUT2D eigenvalue weighted by Gasteiger charge is -2.12. The quantitative estimate of drug-likeness (QED) is 0.855. The summed E-state index contributed by atoms with van der Waals surface area (Å²) < 4.78 is 0. The highest BCUT2D eigenvalue weighted by Crippen LogP contribution is 2.05. The molecule has 0 unspecified atom stereocenters. The van der Waals surface area contributed by atoms with Crippen molar-refractivity contribution in [1.82, 2.24) is 5.32 Å². The van der Waals surface area contributed by atoms with E-state index in [4.69, 9.17) is 5.73 Å². The number of rotatable bonds is 6. The van der Waals surface area contributed by atoms with Crippen molar-refractivity contribution in [2.24, 2.45) is 5.73 Å². The largest absolute Gasteiger partial charge is 0.351 e. The van der Waals surface area contributed by atoms with Gasteiger partial charge in [-0.2, -0.15) is 0 Å². The summed E-state index contributed by atoms with van der Waals surface area (Å²) in [4.78, 5) is 12.0. The van der Waals surface area contributed by atoms with Crippen LogP contribution in [0.5, 0.6) is 0 Å². The summed E-state index contributed by atoms with van der Waals surface area (Å²) in [5, 5.41) is 2.89. The van der Waals surface area contributed by atoms with Crippen LogP contribution in [0.15, 0.2) is 54.6 Å². The molecule has 1 atom stereocenters. The Balaban J connectivity index is 1.76. The molecule has 0 radical (unpaired) electrons. The minimum Gasteiger partial charge on any atom is -0.351 e. The van der Waals surface area contributed by atoms with E-state index in [1.807, 2.05) is 49.4 Å². The number of amides is 1. The van der Waals surface area contributed by atoms with Gasteiger partial charge in [0.1, 0.15) is 0 Å². The maximum Gasteiger partial charge on any atom is 0.237 e. The number of hydrogen-bond donors (Lipinski definition) is 2. The van der Waals surface area contributed by atoms with Gasteiger partial charge >= 0.3 is 0 Å². The summed E-state index contributed by atoms with van der Waals surface area (Å²) in [6.45, 7) is 2.57. The van der Waals surface area contributed by atoms with E-state index in [0.717, 1.165) is 12.0 Å². The Kier molecular flexibility index (Phi) is 5.52. The Morgan fingerprint density at radius 2 is 1.71 bits per heavy atom. The standard InChI is InChI=1S/C18H22N2O/c1-14-7-9-16(10-8-14)13-20-18(21)17(19)12-11-15-5-3-2-4-6-15/h2-10,17H,11-13,19H2,1H3,(H,20,21)/t17-/m0/s1. The number of carbonyl (C=O) groups is 1. The zero-order valence-electron chi connectivity index (χ0n) is 12.4. The van der Waals surface area contributed by atoms with Crippen molar-refractivity contribution in [2.75, 3.05) is 0 Å². The monoisotopic (exact) mass is 282 g/mol. The van der Waals surface area contributed by atoms with Crippen LogP contribution in [0.1, 0.15) is 23.1 Å². The SMILES string of the molecule is Cc1ccc(CNC(=O)[C@@H](N)CCc2ccccc2)cc1. The predicted molar refractivity (Wildman–Crippen MR) is 85.8 cm³/mol. The fourth-order valence-corrected chi connectivity index (χ4v) is 2.12. The maximum atomic E-state index is 12.0. The topological polar surface area (TPSA) is 55.1 Å². The minimum atomic E-state index is -0.462. The number of nitrogens with two attached hydrogens (primary N) is 1. The molecular weight excluding hydrogens is 260 g/mol. The molecule has 1 amide bonds. The lowest BCUT2D eigenvalue weighted by Crippen LogP contribution is -2.40. The van der Waals surface area contributed by atoms with Gasteiger partial charge in [-0.3, -0.25) is 4.79 Å². The molecule has 110 valence electrons. The molecule has 0 saturated carbocycles. The number of aryl methyl sites for hydroxylation is 2. The molecule has 2 aromatic rings. The van der Waals surface area contributed by atoms with Crippen LogP contribution >= 0.6 is 0 Å². The van der Waals surface area contributed by atoms with Crippen molar-refractivity contribution in [3.8, 4) is 0 Å². The van der Waals surface area contributed by atoms with Crippen LogP contribution in [0.3, 0.4) is 0 Å². The van der Waals surface area contributed by atoms with Crippen molar-refractivity contribution in [3.63, 3.8) is 0 Å². The van der Waals surface area contributed by atoms with E-state index in [-0.39, 0.29) is 5.91 Å². The van der Waals surface area contributed by atoms with Crippen LogP contribution in [0.2, 0.25) is 0 Å². The molecule has 0 spiro atoms. The molecule has 21 heavy (non-hydrogen) atoms. The van der Waals surface area contributed by atoms with Crippen molar-refractivity contribution in [3.05, 3.63) is 71.3 Å². The average Bonchev–Trinajstić information content (AvgIpc) is 2.52. The van der Waals surface area contributed by atoms with E-state index < -0.39 is 6.04 Å². The molecule has 0 aromatic heterocycles. The molecule has 0 fully saturated rings. The number of hydrogen-bond acceptors (Lipinski definition) is 2. The summed E-state index contributed by atoms with van der Waals surface area (Å²) in [5.74, 6) is -0.0912.